The Morgan fingerprint density at radius 3 is 2.61 bits per heavy atom. The number of pyridine rings is 1. The minimum absolute atomic E-state index is 0.232. The van der Waals surface area contributed by atoms with Gasteiger partial charge in [-0.25, -0.2) is 9.97 Å². The lowest BCUT2D eigenvalue weighted by atomic mass is 9.83. The highest BCUT2D eigenvalue weighted by Crippen LogP contribution is 2.31. The second kappa shape index (κ2) is 8.86. The first-order chi connectivity index (χ1) is 13.3. The second-order valence-electron chi connectivity index (χ2n) is 7.64. The highest BCUT2D eigenvalue weighted by Gasteiger charge is 2.31. The highest BCUT2D eigenvalue weighted by molar-refractivity contribution is 5.56. The smallest absolute Gasteiger partial charge is 0.366 e. The van der Waals surface area contributed by atoms with Gasteiger partial charge >= 0.3 is 6.18 Å². The summed E-state index contributed by atoms with van der Waals surface area (Å²) in [6, 6.07) is 3.03. The Morgan fingerprint density at radius 1 is 1.18 bits per heavy atom. The average Bonchev–Trinajstić information content (AvgIpc) is 2.67. The third kappa shape index (κ3) is 5.41. The quantitative estimate of drug-likeness (QED) is 0.784. The Hall–Kier alpha value is -2.22. The molecule has 0 aromatic carbocycles. The van der Waals surface area contributed by atoms with E-state index < -0.39 is 11.7 Å². The van der Waals surface area contributed by atoms with Gasteiger partial charge in [-0.2, -0.15) is 13.2 Å². The van der Waals surface area contributed by atoms with Crippen molar-refractivity contribution in [2.24, 2.45) is 5.92 Å². The van der Waals surface area contributed by atoms with Gasteiger partial charge in [0.25, 0.3) is 0 Å². The van der Waals surface area contributed by atoms with Gasteiger partial charge in [0, 0.05) is 36.7 Å². The SMILES string of the molecule is CN(C)CC(Nc1ccnc(-c2cncc(C(F)(F)F)c2)n1)C1CCCCC1. The first kappa shape index (κ1) is 20.5. The van der Waals surface area contributed by atoms with Gasteiger partial charge in [0.2, 0.25) is 0 Å². The summed E-state index contributed by atoms with van der Waals surface area (Å²) in [5.74, 6) is 1.42. The molecule has 0 spiro atoms. The van der Waals surface area contributed by atoms with Crippen LogP contribution in [0.2, 0.25) is 0 Å². The van der Waals surface area contributed by atoms with Gasteiger partial charge in [0.05, 0.1) is 5.56 Å². The maximum atomic E-state index is 13.0. The van der Waals surface area contributed by atoms with Gasteiger partial charge in [0.15, 0.2) is 5.82 Å². The van der Waals surface area contributed by atoms with Crippen molar-refractivity contribution in [1.82, 2.24) is 19.9 Å². The number of nitrogens with one attached hydrogen (secondary N) is 1. The first-order valence-electron chi connectivity index (χ1n) is 9.60. The van der Waals surface area contributed by atoms with Crippen LogP contribution in [0.4, 0.5) is 19.0 Å². The Labute approximate surface area is 163 Å². The minimum Gasteiger partial charge on any atom is -0.366 e. The molecule has 152 valence electrons. The van der Waals surface area contributed by atoms with Crippen LogP contribution in [0.3, 0.4) is 0 Å². The molecule has 0 radical (unpaired) electrons. The molecule has 2 aromatic rings. The van der Waals surface area contributed by atoms with E-state index in [1.54, 1.807) is 12.3 Å². The van der Waals surface area contributed by atoms with E-state index in [0.717, 1.165) is 18.8 Å². The molecule has 0 aliphatic heterocycles. The van der Waals surface area contributed by atoms with Gasteiger partial charge in [-0.05, 0) is 45.0 Å². The highest BCUT2D eigenvalue weighted by atomic mass is 19.4. The van der Waals surface area contributed by atoms with Crippen molar-refractivity contribution in [3.8, 4) is 11.4 Å². The molecule has 1 atom stereocenters. The predicted octanol–water partition coefficient (Wildman–Crippen LogP) is 4.48. The Balaban J connectivity index is 1.81. The van der Waals surface area contributed by atoms with E-state index in [2.05, 4.69) is 25.2 Å². The molecular weight excluding hydrogens is 367 g/mol. The lowest BCUT2D eigenvalue weighted by Gasteiger charge is -2.33. The molecule has 3 rings (SSSR count). The van der Waals surface area contributed by atoms with Crippen LogP contribution in [0, 0.1) is 5.92 Å². The van der Waals surface area contributed by atoms with E-state index in [1.807, 2.05) is 14.1 Å². The minimum atomic E-state index is -4.45. The largest absolute Gasteiger partial charge is 0.417 e. The summed E-state index contributed by atoms with van der Waals surface area (Å²) < 4.78 is 38.9. The number of rotatable bonds is 6. The zero-order chi connectivity index (χ0) is 20.1. The van der Waals surface area contributed by atoms with Crippen LogP contribution in [0.1, 0.15) is 37.7 Å². The van der Waals surface area contributed by atoms with Crippen molar-refractivity contribution in [2.75, 3.05) is 26.0 Å². The normalized spacial score (nSPS) is 16.9. The van der Waals surface area contributed by atoms with Gasteiger partial charge in [-0.3, -0.25) is 4.98 Å². The zero-order valence-electron chi connectivity index (χ0n) is 16.2. The number of halogens is 3. The first-order valence-corrected chi connectivity index (χ1v) is 9.60. The molecule has 2 aromatic heterocycles. The summed E-state index contributed by atoms with van der Waals surface area (Å²) in [4.78, 5) is 14.5. The summed E-state index contributed by atoms with van der Waals surface area (Å²) in [5, 5.41) is 3.50. The molecule has 1 unspecified atom stereocenters. The third-order valence-corrected chi connectivity index (χ3v) is 5.09. The Bertz CT molecular complexity index is 772. The molecule has 0 amide bonds. The van der Waals surface area contributed by atoms with Gasteiger partial charge < -0.3 is 10.2 Å². The summed E-state index contributed by atoms with van der Waals surface area (Å²) in [7, 11) is 4.08. The van der Waals surface area contributed by atoms with Crippen molar-refractivity contribution < 1.29 is 13.2 Å². The van der Waals surface area contributed by atoms with E-state index in [-0.39, 0.29) is 17.4 Å². The van der Waals surface area contributed by atoms with Crippen LogP contribution >= 0.6 is 0 Å². The number of hydrogen-bond donors (Lipinski definition) is 1. The molecule has 0 bridgehead atoms. The Kier molecular flexibility index (Phi) is 6.49. The molecule has 0 saturated heterocycles. The van der Waals surface area contributed by atoms with Crippen molar-refractivity contribution in [2.45, 2.75) is 44.3 Å². The molecule has 5 nitrogen and oxygen atoms in total. The van der Waals surface area contributed by atoms with Crippen molar-refractivity contribution in [3.05, 3.63) is 36.3 Å². The standard InChI is InChI=1S/C20H26F3N5/c1-28(2)13-17(14-6-4-3-5-7-14)26-18-8-9-25-19(27-18)15-10-16(12-24-11-15)20(21,22)23/h8-12,14,17H,3-7,13H2,1-2H3,(H,25,26,27). The van der Waals surface area contributed by atoms with Crippen LogP contribution in [0.25, 0.3) is 11.4 Å². The fourth-order valence-corrected chi connectivity index (χ4v) is 3.73. The van der Waals surface area contributed by atoms with E-state index in [4.69, 9.17) is 0 Å². The molecule has 28 heavy (non-hydrogen) atoms. The van der Waals surface area contributed by atoms with E-state index >= 15 is 0 Å². The maximum absolute atomic E-state index is 13.0. The van der Waals surface area contributed by atoms with Gasteiger partial charge in [0.1, 0.15) is 5.82 Å². The molecular formula is C20H26F3N5. The van der Waals surface area contributed by atoms with Crippen LogP contribution in [0.15, 0.2) is 30.7 Å². The summed E-state index contributed by atoms with van der Waals surface area (Å²) in [6.45, 7) is 0.870. The van der Waals surface area contributed by atoms with E-state index in [1.165, 1.54) is 38.3 Å². The topological polar surface area (TPSA) is 53.9 Å². The summed E-state index contributed by atoms with van der Waals surface area (Å²) >= 11 is 0. The summed E-state index contributed by atoms with van der Waals surface area (Å²) in [6.07, 6.45) is 5.40. The second-order valence-corrected chi connectivity index (χ2v) is 7.64. The van der Waals surface area contributed by atoms with Crippen LogP contribution in [-0.4, -0.2) is 46.5 Å². The molecule has 1 N–H and O–H groups in total. The van der Waals surface area contributed by atoms with Crippen LogP contribution < -0.4 is 5.32 Å². The van der Waals surface area contributed by atoms with Gasteiger partial charge in [-0.1, -0.05) is 19.3 Å². The van der Waals surface area contributed by atoms with Crippen LogP contribution in [0.5, 0.6) is 0 Å². The predicted molar refractivity (Wildman–Crippen MR) is 103 cm³/mol. The molecule has 8 heteroatoms. The fourth-order valence-electron chi connectivity index (χ4n) is 3.73. The number of likely N-dealkylation sites (N-methyl/N-ethyl adjacent to an activating group) is 1. The lowest BCUT2D eigenvalue weighted by molar-refractivity contribution is -0.137. The van der Waals surface area contributed by atoms with E-state index in [9.17, 15) is 13.2 Å². The number of anilines is 1. The molecule has 1 fully saturated rings. The average molecular weight is 393 g/mol. The number of aromatic nitrogens is 3. The Morgan fingerprint density at radius 2 is 1.93 bits per heavy atom. The third-order valence-electron chi connectivity index (χ3n) is 5.09. The van der Waals surface area contributed by atoms with E-state index in [0.29, 0.717) is 11.7 Å². The maximum Gasteiger partial charge on any atom is 0.417 e. The molecule has 1 aliphatic carbocycles. The molecule has 1 saturated carbocycles. The van der Waals surface area contributed by atoms with Crippen molar-refractivity contribution in [3.63, 3.8) is 0 Å². The zero-order valence-corrected chi connectivity index (χ0v) is 16.2. The number of alkyl halides is 3. The molecule has 1 aliphatic rings. The van der Waals surface area contributed by atoms with Crippen molar-refractivity contribution >= 4 is 5.82 Å². The number of nitrogens with zero attached hydrogens (tertiary/aromatic N) is 4. The molecule has 2 heterocycles. The lowest BCUT2D eigenvalue weighted by Crippen LogP contribution is -2.39. The fraction of sp³-hybridized carbons (Fsp3) is 0.550. The van der Waals surface area contributed by atoms with Crippen LogP contribution in [-0.2, 0) is 6.18 Å². The van der Waals surface area contributed by atoms with Gasteiger partial charge in [-0.15, -0.1) is 0 Å². The number of hydrogen-bond acceptors (Lipinski definition) is 5. The monoisotopic (exact) mass is 393 g/mol. The summed E-state index contributed by atoms with van der Waals surface area (Å²) in [5.41, 5.74) is -0.556. The van der Waals surface area contributed by atoms with Crippen molar-refractivity contribution in [1.29, 1.82) is 0 Å².